The first-order valence-electron chi connectivity index (χ1n) is 5.49. The first kappa shape index (κ1) is 11.1. The molecule has 0 heterocycles. The highest BCUT2D eigenvalue weighted by molar-refractivity contribution is 5.85. The summed E-state index contributed by atoms with van der Waals surface area (Å²) >= 11 is 0. The summed E-state index contributed by atoms with van der Waals surface area (Å²) < 4.78 is 4.84. The maximum Gasteiger partial charge on any atom is 0.154 e. The Morgan fingerprint density at radius 2 is 1.88 bits per heavy atom. The predicted octanol–water partition coefficient (Wildman–Crippen LogP) is 2.74. The lowest BCUT2D eigenvalue weighted by atomic mass is 10.0. The van der Waals surface area contributed by atoms with Gasteiger partial charge in [-0.3, -0.25) is 0 Å². The predicted molar refractivity (Wildman–Crippen MR) is 65.3 cm³/mol. The van der Waals surface area contributed by atoms with Crippen molar-refractivity contribution in [3.8, 4) is 0 Å². The number of methoxy groups -OCH3 is 1. The fourth-order valence-corrected chi connectivity index (χ4v) is 1.91. The molecule has 0 aliphatic rings. The zero-order valence-electron chi connectivity index (χ0n) is 9.39. The monoisotopic (exact) mass is 216 g/mol. The number of rotatable bonds is 4. The molecule has 1 N–H and O–H groups in total. The van der Waals surface area contributed by atoms with Gasteiger partial charge >= 0.3 is 0 Å². The van der Waals surface area contributed by atoms with Gasteiger partial charge in [0.05, 0.1) is 0 Å². The molecular weight excluding hydrogens is 200 g/mol. The molecule has 0 aliphatic heterocycles. The van der Waals surface area contributed by atoms with Crippen LogP contribution in [-0.4, -0.2) is 18.5 Å². The maximum atomic E-state index is 9.37. The Balaban J connectivity index is 2.23. The molecule has 0 saturated heterocycles. The van der Waals surface area contributed by atoms with Crippen molar-refractivity contribution in [3.05, 3.63) is 48.0 Å². The van der Waals surface area contributed by atoms with Crippen molar-refractivity contribution in [2.24, 2.45) is 0 Å². The second-order valence-corrected chi connectivity index (χ2v) is 3.87. The van der Waals surface area contributed by atoms with Gasteiger partial charge in [-0.15, -0.1) is 0 Å². The lowest BCUT2D eigenvalue weighted by Crippen LogP contribution is -2.09. The second kappa shape index (κ2) is 5.10. The van der Waals surface area contributed by atoms with Gasteiger partial charge in [-0.2, -0.15) is 0 Å². The highest BCUT2D eigenvalue weighted by Gasteiger charge is 2.04. The van der Waals surface area contributed by atoms with Gasteiger partial charge < -0.3 is 9.84 Å². The minimum atomic E-state index is -0.668. The van der Waals surface area contributed by atoms with E-state index < -0.39 is 6.29 Å². The van der Waals surface area contributed by atoms with E-state index in [2.05, 4.69) is 30.3 Å². The van der Waals surface area contributed by atoms with Gasteiger partial charge in [-0.1, -0.05) is 42.5 Å². The Bertz CT molecular complexity index is 460. The summed E-state index contributed by atoms with van der Waals surface area (Å²) in [4.78, 5) is 0. The van der Waals surface area contributed by atoms with Crippen molar-refractivity contribution < 1.29 is 9.84 Å². The van der Waals surface area contributed by atoms with Crippen LogP contribution in [0, 0.1) is 0 Å². The Labute approximate surface area is 95.5 Å². The molecule has 2 aromatic rings. The van der Waals surface area contributed by atoms with Crippen molar-refractivity contribution in [2.75, 3.05) is 7.11 Å². The number of benzene rings is 2. The standard InChI is InChI=1S/C14H16O2/c1-16-14(15)10-9-12-7-4-6-11-5-2-3-8-13(11)12/h2-8,14-15H,9-10H2,1H3. The van der Waals surface area contributed by atoms with Crippen LogP contribution in [0.1, 0.15) is 12.0 Å². The molecule has 2 nitrogen and oxygen atoms in total. The zero-order valence-corrected chi connectivity index (χ0v) is 9.39. The van der Waals surface area contributed by atoms with Gasteiger partial charge in [0.2, 0.25) is 0 Å². The molecule has 0 fully saturated rings. The highest BCUT2D eigenvalue weighted by Crippen LogP contribution is 2.20. The fraction of sp³-hybridized carbons (Fsp3) is 0.286. The number of hydrogen-bond acceptors (Lipinski definition) is 2. The van der Waals surface area contributed by atoms with E-state index in [4.69, 9.17) is 4.74 Å². The van der Waals surface area contributed by atoms with E-state index in [-0.39, 0.29) is 0 Å². The van der Waals surface area contributed by atoms with Crippen LogP contribution in [0.2, 0.25) is 0 Å². The summed E-state index contributed by atoms with van der Waals surface area (Å²) in [6, 6.07) is 14.6. The third-order valence-corrected chi connectivity index (χ3v) is 2.81. The zero-order chi connectivity index (χ0) is 11.4. The molecule has 0 saturated carbocycles. The van der Waals surface area contributed by atoms with Crippen LogP contribution in [0.4, 0.5) is 0 Å². The molecule has 0 aromatic heterocycles. The van der Waals surface area contributed by atoms with Gasteiger partial charge in [0.1, 0.15) is 0 Å². The van der Waals surface area contributed by atoms with Crippen LogP contribution in [0.25, 0.3) is 10.8 Å². The average molecular weight is 216 g/mol. The summed E-state index contributed by atoms with van der Waals surface area (Å²) in [6.07, 6.45) is 0.792. The first-order valence-corrected chi connectivity index (χ1v) is 5.49. The van der Waals surface area contributed by atoms with Crippen LogP contribution < -0.4 is 0 Å². The molecule has 0 spiro atoms. The summed E-state index contributed by atoms with van der Waals surface area (Å²) in [5.41, 5.74) is 1.26. The van der Waals surface area contributed by atoms with E-state index in [1.165, 1.54) is 23.4 Å². The molecule has 0 aliphatic carbocycles. The summed E-state index contributed by atoms with van der Waals surface area (Å²) in [5, 5.41) is 11.9. The molecule has 0 radical (unpaired) electrons. The number of aryl methyl sites for hydroxylation is 1. The molecule has 84 valence electrons. The minimum Gasteiger partial charge on any atom is -0.368 e. The smallest absolute Gasteiger partial charge is 0.154 e. The lowest BCUT2D eigenvalue weighted by molar-refractivity contribution is -0.0776. The van der Waals surface area contributed by atoms with Crippen LogP contribution in [0.5, 0.6) is 0 Å². The summed E-state index contributed by atoms with van der Waals surface area (Å²) in [6.45, 7) is 0. The highest BCUT2D eigenvalue weighted by atomic mass is 16.6. The first-order chi connectivity index (χ1) is 7.81. The Morgan fingerprint density at radius 3 is 2.69 bits per heavy atom. The van der Waals surface area contributed by atoms with Crippen LogP contribution in [-0.2, 0) is 11.2 Å². The largest absolute Gasteiger partial charge is 0.368 e. The number of aliphatic hydroxyl groups is 1. The van der Waals surface area contributed by atoms with Crippen molar-refractivity contribution in [3.63, 3.8) is 0 Å². The van der Waals surface area contributed by atoms with Crippen LogP contribution in [0.15, 0.2) is 42.5 Å². The second-order valence-electron chi connectivity index (χ2n) is 3.87. The van der Waals surface area contributed by atoms with Crippen molar-refractivity contribution in [1.82, 2.24) is 0 Å². The van der Waals surface area contributed by atoms with Crippen molar-refractivity contribution >= 4 is 10.8 Å². The van der Waals surface area contributed by atoms with E-state index >= 15 is 0 Å². The van der Waals surface area contributed by atoms with E-state index in [1.54, 1.807) is 0 Å². The van der Waals surface area contributed by atoms with Crippen molar-refractivity contribution in [1.29, 1.82) is 0 Å². The molecule has 16 heavy (non-hydrogen) atoms. The summed E-state index contributed by atoms with van der Waals surface area (Å²) in [7, 11) is 1.52. The third-order valence-electron chi connectivity index (χ3n) is 2.81. The SMILES string of the molecule is COC(O)CCc1cccc2ccccc12. The van der Waals surface area contributed by atoms with E-state index in [0.29, 0.717) is 6.42 Å². The molecule has 2 rings (SSSR count). The van der Waals surface area contributed by atoms with Crippen LogP contribution >= 0.6 is 0 Å². The molecule has 1 atom stereocenters. The Kier molecular flexibility index (Phi) is 3.54. The lowest BCUT2D eigenvalue weighted by Gasteiger charge is -2.10. The van der Waals surface area contributed by atoms with E-state index in [0.717, 1.165) is 6.42 Å². The molecule has 2 heteroatoms. The minimum absolute atomic E-state index is 0.629. The van der Waals surface area contributed by atoms with Gasteiger partial charge in [-0.25, -0.2) is 0 Å². The third kappa shape index (κ3) is 2.40. The quantitative estimate of drug-likeness (QED) is 0.796. The molecule has 0 bridgehead atoms. The van der Waals surface area contributed by atoms with E-state index in [1.807, 2.05) is 12.1 Å². The Hall–Kier alpha value is -1.38. The number of aliphatic hydroxyl groups excluding tert-OH is 1. The topological polar surface area (TPSA) is 29.5 Å². The maximum absolute atomic E-state index is 9.37. The van der Waals surface area contributed by atoms with Gasteiger partial charge in [0.25, 0.3) is 0 Å². The van der Waals surface area contributed by atoms with E-state index in [9.17, 15) is 5.11 Å². The van der Waals surface area contributed by atoms with Crippen LogP contribution in [0.3, 0.4) is 0 Å². The molecule has 0 amide bonds. The Morgan fingerprint density at radius 1 is 1.12 bits per heavy atom. The van der Waals surface area contributed by atoms with Gasteiger partial charge in [0, 0.05) is 13.5 Å². The summed E-state index contributed by atoms with van der Waals surface area (Å²) in [5.74, 6) is 0. The normalized spacial score (nSPS) is 12.9. The average Bonchev–Trinajstić information content (AvgIpc) is 2.35. The molecular formula is C14H16O2. The molecule has 1 unspecified atom stereocenters. The van der Waals surface area contributed by atoms with Gasteiger partial charge in [-0.05, 0) is 22.8 Å². The number of hydrogen-bond donors (Lipinski definition) is 1. The van der Waals surface area contributed by atoms with Gasteiger partial charge in [0.15, 0.2) is 6.29 Å². The fourth-order valence-electron chi connectivity index (χ4n) is 1.91. The number of ether oxygens (including phenoxy) is 1. The van der Waals surface area contributed by atoms with Crippen molar-refractivity contribution in [2.45, 2.75) is 19.1 Å². The number of fused-ring (bicyclic) bond motifs is 1. The molecule has 2 aromatic carbocycles.